The molecule has 1 aromatic heterocycles. The highest BCUT2D eigenvalue weighted by Gasteiger charge is 2.42. The van der Waals surface area contributed by atoms with Gasteiger partial charge in [0.1, 0.15) is 11.8 Å². The van der Waals surface area contributed by atoms with Crippen LogP contribution in [0.5, 0.6) is 0 Å². The van der Waals surface area contributed by atoms with Gasteiger partial charge in [0.2, 0.25) is 0 Å². The van der Waals surface area contributed by atoms with Crippen LogP contribution >= 0.6 is 0 Å². The Morgan fingerprint density at radius 2 is 2.11 bits per heavy atom. The number of aromatic nitrogens is 3. The van der Waals surface area contributed by atoms with Gasteiger partial charge in [-0.15, -0.1) is 5.10 Å². The van der Waals surface area contributed by atoms with Gasteiger partial charge in [0, 0.05) is 25.1 Å². The summed E-state index contributed by atoms with van der Waals surface area (Å²) >= 11 is 0. The number of benzene rings is 1. The lowest BCUT2D eigenvalue weighted by Crippen LogP contribution is -2.43. The second-order valence-corrected chi connectivity index (χ2v) is 6.61. The second kappa shape index (κ2) is 8.26. The molecule has 142 valence electrons. The number of carbonyl (C=O) groups is 1. The molecule has 0 bridgehead atoms. The Hall–Kier alpha value is -2.80. The van der Waals surface area contributed by atoms with E-state index in [9.17, 15) is 15.0 Å². The molecule has 9 heteroatoms. The number of hydrogen-bond donors (Lipinski definition) is 3. The van der Waals surface area contributed by atoms with Crippen LogP contribution in [0, 0.1) is 17.2 Å². The van der Waals surface area contributed by atoms with E-state index in [4.69, 9.17) is 10.00 Å². The first-order valence-corrected chi connectivity index (χ1v) is 8.57. The third-order valence-electron chi connectivity index (χ3n) is 4.69. The largest absolute Gasteiger partial charge is 0.390 e. The Bertz CT molecular complexity index is 829. The number of carbonyl (C=O) groups excluding carboxylic acids is 1. The molecule has 1 fully saturated rings. The van der Waals surface area contributed by atoms with Gasteiger partial charge in [0.05, 0.1) is 36.6 Å². The van der Waals surface area contributed by atoms with Crippen molar-refractivity contribution in [3.63, 3.8) is 0 Å². The lowest BCUT2D eigenvalue weighted by molar-refractivity contribution is 0.00761. The minimum atomic E-state index is -1.07. The molecule has 2 aromatic rings. The summed E-state index contributed by atoms with van der Waals surface area (Å²) in [6.45, 7) is 0.720. The Morgan fingerprint density at radius 3 is 2.78 bits per heavy atom. The van der Waals surface area contributed by atoms with E-state index in [0.717, 1.165) is 0 Å². The number of nitrogens with zero attached hydrogens (tertiary/aromatic N) is 4. The number of hydrogen-bond acceptors (Lipinski definition) is 7. The molecule has 1 aliphatic carbocycles. The predicted molar refractivity (Wildman–Crippen MR) is 93.3 cm³/mol. The fraction of sp³-hybridized carbons (Fsp3) is 0.444. The van der Waals surface area contributed by atoms with Crippen LogP contribution in [0.1, 0.15) is 28.0 Å². The maximum atomic E-state index is 12.4. The third kappa shape index (κ3) is 4.31. The topological polar surface area (TPSA) is 133 Å². The van der Waals surface area contributed by atoms with Crippen molar-refractivity contribution in [2.24, 2.45) is 5.92 Å². The van der Waals surface area contributed by atoms with Crippen molar-refractivity contribution in [3.8, 4) is 6.07 Å². The average Bonchev–Trinajstić information content (AvgIpc) is 3.22. The van der Waals surface area contributed by atoms with Crippen molar-refractivity contribution in [1.82, 2.24) is 20.3 Å². The Balaban J connectivity index is 1.61. The van der Waals surface area contributed by atoms with E-state index in [1.54, 1.807) is 42.3 Å². The van der Waals surface area contributed by atoms with Crippen LogP contribution in [0.15, 0.2) is 30.5 Å². The molecule has 1 amide bonds. The van der Waals surface area contributed by atoms with Gasteiger partial charge in [-0.25, -0.2) is 0 Å². The van der Waals surface area contributed by atoms with Crippen LogP contribution < -0.4 is 5.32 Å². The normalized spacial score (nSPS) is 24.5. The van der Waals surface area contributed by atoms with E-state index >= 15 is 0 Å². The number of methoxy groups -OCH3 is 1. The summed E-state index contributed by atoms with van der Waals surface area (Å²) in [5.41, 5.74) is 1.53. The minimum Gasteiger partial charge on any atom is -0.390 e. The fourth-order valence-corrected chi connectivity index (χ4v) is 3.28. The number of rotatable bonds is 6. The van der Waals surface area contributed by atoms with Gasteiger partial charge in [0.15, 0.2) is 0 Å². The fourth-order valence-electron chi connectivity index (χ4n) is 3.28. The SMILES string of the molecule is COCc1cn(CC2CC(NC(=O)c3ccc(C#N)cc3)C(O)C2O)nn1. The van der Waals surface area contributed by atoms with Crippen LogP contribution in [0.25, 0.3) is 0 Å². The average molecular weight is 371 g/mol. The van der Waals surface area contributed by atoms with Crippen molar-refractivity contribution in [1.29, 1.82) is 5.26 Å². The number of aliphatic hydroxyl groups excluding tert-OH is 2. The quantitative estimate of drug-likeness (QED) is 0.642. The molecule has 1 heterocycles. The van der Waals surface area contributed by atoms with Crippen LogP contribution in [-0.2, 0) is 17.9 Å². The third-order valence-corrected chi connectivity index (χ3v) is 4.69. The van der Waals surface area contributed by atoms with Gasteiger partial charge in [0.25, 0.3) is 5.91 Å². The van der Waals surface area contributed by atoms with Gasteiger partial charge in [-0.05, 0) is 30.7 Å². The molecular weight excluding hydrogens is 350 g/mol. The molecule has 3 N–H and O–H groups in total. The molecule has 1 aromatic carbocycles. The maximum Gasteiger partial charge on any atom is 0.251 e. The molecule has 1 aliphatic rings. The Kier molecular flexibility index (Phi) is 5.81. The summed E-state index contributed by atoms with van der Waals surface area (Å²) in [6, 6.07) is 7.63. The standard InChI is InChI=1S/C18H21N5O4/c1-27-10-14-9-23(22-21-14)8-13-6-15(17(25)16(13)24)20-18(26)12-4-2-11(7-19)3-5-12/h2-5,9,13,15-17,24-25H,6,8,10H2,1H3,(H,20,26). The number of nitriles is 1. The Morgan fingerprint density at radius 1 is 1.37 bits per heavy atom. The number of aliphatic hydroxyl groups is 2. The summed E-state index contributed by atoms with van der Waals surface area (Å²) in [7, 11) is 1.57. The number of nitrogens with one attached hydrogen (secondary N) is 1. The first-order chi connectivity index (χ1) is 13.0. The second-order valence-electron chi connectivity index (χ2n) is 6.61. The van der Waals surface area contributed by atoms with Gasteiger partial charge in [-0.3, -0.25) is 9.48 Å². The predicted octanol–water partition coefficient (Wildman–Crippen LogP) is -0.164. The molecule has 1 saturated carbocycles. The van der Waals surface area contributed by atoms with E-state index in [0.29, 0.717) is 36.4 Å². The summed E-state index contributed by atoms with van der Waals surface area (Å²) < 4.78 is 6.59. The lowest BCUT2D eigenvalue weighted by Gasteiger charge is -2.18. The first kappa shape index (κ1) is 19.0. The monoisotopic (exact) mass is 371 g/mol. The maximum absolute atomic E-state index is 12.4. The molecule has 27 heavy (non-hydrogen) atoms. The number of amides is 1. The molecule has 0 aliphatic heterocycles. The van der Waals surface area contributed by atoms with E-state index in [2.05, 4.69) is 15.6 Å². The highest BCUT2D eigenvalue weighted by atomic mass is 16.5. The van der Waals surface area contributed by atoms with Crippen molar-refractivity contribution in [2.75, 3.05) is 7.11 Å². The van der Waals surface area contributed by atoms with Crippen molar-refractivity contribution >= 4 is 5.91 Å². The van der Waals surface area contributed by atoms with Crippen molar-refractivity contribution in [3.05, 3.63) is 47.3 Å². The smallest absolute Gasteiger partial charge is 0.251 e. The molecule has 0 spiro atoms. The summed E-state index contributed by atoms with van der Waals surface area (Å²) in [5, 5.41) is 40.1. The van der Waals surface area contributed by atoms with Crippen LogP contribution in [-0.4, -0.2) is 56.5 Å². The lowest BCUT2D eigenvalue weighted by atomic mass is 10.1. The molecule has 0 radical (unpaired) electrons. The summed E-state index contributed by atoms with van der Waals surface area (Å²) in [5.74, 6) is -0.636. The van der Waals surface area contributed by atoms with Crippen LogP contribution in [0.2, 0.25) is 0 Å². The van der Waals surface area contributed by atoms with Crippen LogP contribution in [0.3, 0.4) is 0 Å². The molecule has 3 rings (SSSR count). The van der Waals surface area contributed by atoms with Crippen molar-refractivity contribution in [2.45, 2.75) is 37.8 Å². The van der Waals surface area contributed by atoms with E-state index < -0.39 is 18.2 Å². The zero-order chi connectivity index (χ0) is 19.4. The summed E-state index contributed by atoms with van der Waals surface area (Å²) in [6.07, 6.45) is 0.0837. The molecule has 4 unspecified atom stereocenters. The number of ether oxygens (including phenoxy) is 1. The van der Waals surface area contributed by atoms with E-state index in [1.807, 2.05) is 6.07 Å². The van der Waals surface area contributed by atoms with Gasteiger partial charge in [-0.1, -0.05) is 5.21 Å². The van der Waals surface area contributed by atoms with Crippen molar-refractivity contribution < 1.29 is 19.7 Å². The van der Waals surface area contributed by atoms with Gasteiger partial charge < -0.3 is 20.3 Å². The Labute approximate surface area is 156 Å². The highest BCUT2D eigenvalue weighted by Crippen LogP contribution is 2.28. The van der Waals surface area contributed by atoms with Gasteiger partial charge >= 0.3 is 0 Å². The molecule has 4 atom stereocenters. The molecular formula is C18H21N5O4. The molecule has 0 saturated heterocycles. The zero-order valence-electron chi connectivity index (χ0n) is 14.8. The van der Waals surface area contributed by atoms with Crippen LogP contribution in [0.4, 0.5) is 0 Å². The minimum absolute atomic E-state index is 0.275. The van der Waals surface area contributed by atoms with E-state index in [-0.39, 0.29) is 11.8 Å². The highest BCUT2D eigenvalue weighted by molar-refractivity contribution is 5.94. The molecule has 9 nitrogen and oxygen atoms in total. The van der Waals surface area contributed by atoms with E-state index in [1.165, 1.54) is 0 Å². The summed E-state index contributed by atoms with van der Waals surface area (Å²) in [4.78, 5) is 12.4. The zero-order valence-corrected chi connectivity index (χ0v) is 14.8. The first-order valence-electron chi connectivity index (χ1n) is 8.57. The van der Waals surface area contributed by atoms with Gasteiger partial charge in [-0.2, -0.15) is 5.26 Å².